The first-order chi connectivity index (χ1) is 11.1. The summed E-state index contributed by atoms with van der Waals surface area (Å²) in [6.07, 6.45) is 1.08. The van der Waals surface area contributed by atoms with Crippen molar-refractivity contribution in [1.29, 1.82) is 0 Å². The number of imidazole rings is 1. The van der Waals surface area contributed by atoms with E-state index in [4.69, 9.17) is 4.74 Å². The highest BCUT2D eigenvalue weighted by Crippen LogP contribution is 2.19. The number of hydrogen-bond acceptors (Lipinski definition) is 4. The van der Waals surface area contributed by atoms with Crippen molar-refractivity contribution in [3.63, 3.8) is 0 Å². The maximum atomic E-state index is 12.1. The van der Waals surface area contributed by atoms with Crippen molar-refractivity contribution in [3.05, 3.63) is 29.1 Å². The highest BCUT2D eigenvalue weighted by atomic mass is 35.5. The lowest BCUT2D eigenvalue weighted by Gasteiger charge is -2.18. The predicted octanol–water partition coefficient (Wildman–Crippen LogP) is 2.06. The molecule has 1 aliphatic rings. The molecule has 2 heterocycles. The molecule has 2 atom stereocenters. The van der Waals surface area contributed by atoms with E-state index in [1.807, 2.05) is 6.07 Å². The average Bonchev–Trinajstić information content (AvgIpc) is 3.15. The molecule has 3 N–H and O–H groups in total. The van der Waals surface area contributed by atoms with E-state index in [0.717, 1.165) is 29.9 Å². The Morgan fingerprint density at radius 2 is 2.08 bits per heavy atom. The molecule has 1 saturated heterocycles. The number of aromatic nitrogens is 2. The lowest BCUT2D eigenvalue weighted by atomic mass is 10.1. The second-order valence-electron chi connectivity index (χ2n) is 6.19. The number of nitrogens with zero attached hydrogens (tertiary/aromatic N) is 1. The van der Waals surface area contributed by atoms with Gasteiger partial charge >= 0.3 is 0 Å². The molecule has 2 aromatic rings. The summed E-state index contributed by atoms with van der Waals surface area (Å²) in [6.45, 7) is 5.70. The van der Waals surface area contributed by atoms with E-state index in [2.05, 4.69) is 40.5 Å². The molecule has 0 unspecified atom stereocenters. The molecule has 6 nitrogen and oxygen atoms in total. The quantitative estimate of drug-likeness (QED) is 0.732. The molecule has 25 heavy (non-hydrogen) atoms. The zero-order valence-electron chi connectivity index (χ0n) is 14.7. The van der Waals surface area contributed by atoms with Crippen LogP contribution in [0.25, 0.3) is 11.0 Å². The molecule has 1 aliphatic heterocycles. The molecule has 0 saturated carbocycles. The Morgan fingerprint density at radius 3 is 2.80 bits per heavy atom. The van der Waals surface area contributed by atoms with Crippen molar-refractivity contribution in [2.24, 2.45) is 0 Å². The third-order valence-electron chi connectivity index (χ3n) is 4.62. The van der Waals surface area contributed by atoms with Crippen LogP contribution in [0.1, 0.15) is 23.4 Å². The molecule has 0 radical (unpaired) electrons. The number of rotatable bonds is 5. The number of fused-ring (bicyclic) bond motifs is 1. The Kier molecular flexibility index (Phi) is 8.15. The van der Waals surface area contributed by atoms with Crippen molar-refractivity contribution < 1.29 is 9.53 Å². The monoisotopic (exact) mass is 388 g/mol. The Balaban J connectivity index is 0.00000156. The number of amides is 1. The second-order valence-corrected chi connectivity index (χ2v) is 6.19. The molecule has 8 heteroatoms. The van der Waals surface area contributed by atoms with Gasteiger partial charge in [0.15, 0.2) is 0 Å². The van der Waals surface area contributed by atoms with Gasteiger partial charge in [-0.2, -0.15) is 0 Å². The number of carbonyl (C=O) groups is 1. The number of aromatic amines is 1. The first-order valence-electron chi connectivity index (χ1n) is 8.06. The van der Waals surface area contributed by atoms with Crippen molar-refractivity contribution in [2.45, 2.75) is 38.8 Å². The van der Waals surface area contributed by atoms with Gasteiger partial charge in [-0.25, -0.2) is 4.98 Å². The summed E-state index contributed by atoms with van der Waals surface area (Å²) >= 11 is 0. The summed E-state index contributed by atoms with van der Waals surface area (Å²) in [5, 5.41) is 6.26. The van der Waals surface area contributed by atoms with E-state index in [0.29, 0.717) is 12.8 Å². The third-order valence-corrected chi connectivity index (χ3v) is 4.62. The summed E-state index contributed by atoms with van der Waals surface area (Å²) in [5.74, 6) is 0.894. The topological polar surface area (TPSA) is 79.0 Å². The molecule has 0 spiro atoms. The van der Waals surface area contributed by atoms with Gasteiger partial charge < -0.3 is 20.4 Å². The van der Waals surface area contributed by atoms with Crippen molar-refractivity contribution in [2.75, 3.05) is 20.2 Å². The molecule has 1 fully saturated rings. The van der Waals surface area contributed by atoms with Gasteiger partial charge in [0.05, 0.1) is 23.2 Å². The number of benzene rings is 1. The number of ether oxygens (including phenoxy) is 1. The molecular formula is C17H26Cl2N4O2. The lowest BCUT2D eigenvalue weighted by Crippen LogP contribution is -2.43. The van der Waals surface area contributed by atoms with E-state index in [1.165, 1.54) is 11.1 Å². The van der Waals surface area contributed by atoms with Crippen LogP contribution in [-0.4, -0.2) is 48.2 Å². The normalized spacial score (nSPS) is 19.3. The number of carbonyl (C=O) groups excluding carboxylic acids is 1. The highest BCUT2D eigenvalue weighted by molar-refractivity contribution is 5.85. The summed E-state index contributed by atoms with van der Waals surface area (Å²) in [7, 11) is 1.68. The van der Waals surface area contributed by atoms with Crippen LogP contribution in [-0.2, 0) is 16.0 Å². The Labute approximate surface area is 160 Å². The number of hydrogen-bond donors (Lipinski definition) is 3. The Bertz CT molecular complexity index is 720. The molecular weight excluding hydrogens is 363 g/mol. The van der Waals surface area contributed by atoms with Gasteiger partial charge in [0.2, 0.25) is 5.91 Å². The molecule has 1 aromatic heterocycles. The highest BCUT2D eigenvalue weighted by Gasteiger charge is 2.27. The van der Waals surface area contributed by atoms with Crippen LogP contribution in [0.2, 0.25) is 0 Å². The van der Waals surface area contributed by atoms with Gasteiger partial charge in [-0.15, -0.1) is 24.8 Å². The van der Waals surface area contributed by atoms with E-state index in [1.54, 1.807) is 7.11 Å². The molecule has 0 aliphatic carbocycles. The molecule has 140 valence electrons. The van der Waals surface area contributed by atoms with Crippen molar-refractivity contribution in [1.82, 2.24) is 20.6 Å². The van der Waals surface area contributed by atoms with Crippen LogP contribution >= 0.6 is 24.8 Å². The maximum Gasteiger partial charge on any atom is 0.220 e. The van der Waals surface area contributed by atoms with Crippen molar-refractivity contribution in [3.8, 4) is 0 Å². The molecule has 1 amide bonds. The summed E-state index contributed by atoms with van der Waals surface area (Å²) in [4.78, 5) is 20.1. The Hall–Kier alpha value is -1.34. The summed E-state index contributed by atoms with van der Waals surface area (Å²) in [5.41, 5.74) is 4.45. The fourth-order valence-electron chi connectivity index (χ4n) is 3.04. The molecule has 1 aromatic carbocycles. The largest absolute Gasteiger partial charge is 0.378 e. The minimum Gasteiger partial charge on any atom is -0.378 e. The molecule has 3 rings (SSSR count). The van der Waals surface area contributed by atoms with Crippen LogP contribution in [0.15, 0.2) is 12.1 Å². The minimum atomic E-state index is 0. The van der Waals surface area contributed by atoms with Gasteiger partial charge in [-0.1, -0.05) is 6.07 Å². The fourth-order valence-corrected chi connectivity index (χ4v) is 3.04. The van der Waals surface area contributed by atoms with Gasteiger partial charge in [-0.05, 0) is 31.0 Å². The van der Waals surface area contributed by atoms with E-state index < -0.39 is 0 Å². The van der Waals surface area contributed by atoms with Gasteiger partial charge in [0.1, 0.15) is 5.82 Å². The summed E-state index contributed by atoms with van der Waals surface area (Å²) in [6, 6.07) is 4.18. The van der Waals surface area contributed by atoms with Crippen LogP contribution in [0.4, 0.5) is 0 Å². The zero-order valence-corrected chi connectivity index (χ0v) is 16.4. The van der Waals surface area contributed by atoms with Crippen LogP contribution in [0, 0.1) is 13.8 Å². The standard InChI is InChI=1S/C17H24N4O2.2ClH/c1-10-4-5-12-17(11(10)2)21-15(19-12)6-7-16(22)20-13-8-18-9-14(13)23-3;;/h4-5,13-14,18H,6-9H2,1-3H3,(H,19,21)(H,20,22);2*1H/t13-,14-;;/m0../s1. The number of methoxy groups -OCH3 is 1. The number of H-pyrrole nitrogens is 1. The third kappa shape index (κ3) is 4.85. The SMILES string of the molecule is CO[C@H]1CNC[C@@H]1NC(=O)CCc1nc2c(C)c(C)ccc2[nH]1.Cl.Cl. The van der Waals surface area contributed by atoms with Crippen LogP contribution < -0.4 is 10.6 Å². The van der Waals surface area contributed by atoms with Gasteiger partial charge in [0.25, 0.3) is 0 Å². The van der Waals surface area contributed by atoms with E-state index >= 15 is 0 Å². The predicted molar refractivity (Wildman–Crippen MR) is 104 cm³/mol. The van der Waals surface area contributed by atoms with Gasteiger partial charge in [0, 0.05) is 33.0 Å². The van der Waals surface area contributed by atoms with Gasteiger partial charge in [-0.3, -0.25) is 4.79 Å². The maximum absolute atomic E-state index is 12.1. The smallest absolute Gasteiger partial charge is 0.220 e. The number of nitrogens with one attached hydrogen (secondary N) is 3. The Morgan fingerprint density at radius 1 is 1.32 bits per heavy atom. The first-order valence-corrected chi connectivity index (χ1v) is 8.06. The van der Waals surface area contributed by atoms with Crippen LogP contribution in [0.5, 0.6) is 0 Å². The summed E-state index contributed by atoms with van der Waals surface area (Å²) < 4.78 is 5.36. The number of aryl methyl sites for hydroxylation is 3. The van der Waals surface area contributed by atoms with Crippen LogP contribution in [0.3, 0.4) is 0 Å². The number of halogens is 2. The lowest BCUT2D eigenvalue weighted by molar-refractivity contribution is -0.122. The molecule has 0 bridgehead atoms. The average molecular weight is 389 g/mol. The second kappa shape index (κ2) is 9.38. The fraction of sp³-hybridized carbons (Fsp3) is 0.529. The van der Waals surface area contributed by atoms with E-state index in [9.17, 15) is 4.79 Å². The van der Waals surface area contributed by atoms with E-state index in [-0.39, 0.29) is 42.9 Å². The first kappa shape index (κ1) is 21.7. The van der Waals surface area contributed by atoms with Crippen molar-refractivity contribution >= 4 is 41.8 Å². The zero-order chi connectivity index (χ0) is 16.4. The minimum absolute atomic E-state index is 0.